The molecular formula is C20H22N4O. The molecule has 5 rings (SSSR count). The lowest BCUT2D eigenvalue weighted by Crippen LogP contribution is -2.59. The molecule has 0 bridgehead atoms. The molecule has 5 heterocycles. The summed E-state index contributed by atoms with van der Waals surface area (Å²) in [5.74, 6) is 0.818. The SMILES string of the molecule is c1cncc(-n2ccc3nc(CCC4CN(C5COC5)C4)ccc32)c1. The van der Waals surface area contributed by atoms with E-state index in [-0.39, 0.29) is 0 Å². The van der Waals surface area contributed by atoms with Crippen molar-refractivity contribution in [2.75, 3.05) is 26.3 Å². The molecule has 3 aromatic rings. The summed E-state index contributed by atoms with van der Waals surface area (Å²) in [5, 5.41) is 0. The maximum atomic E-state index is 5.27. The summed E-state index contributed by atoms with van der Waals surface area (Å²) >= 11 is 0. The van der Waals surface area contributed by atoms with Crippen LogP contribution in [-0.2, 0) is 11.2 Å². The Labute approximate surface area is 147 Å². The first-order valence-electron chi connectivity index (χ1n) is 9.06. The van der Waals surface area contributed by atoms with Crippen LogP contribution in [0, 0.1) is 5.92 Å². The van der Waals surface area contributed by atoms with E-state index >= 15 is 0 Å². The van der Waals surface area contributed by atoms with Gasteiger partial charge in [-0.2, -0.15) is 0 Å². The molecule has 5 nitrogen and oxygen atoms in total. The van der Waals surface area contributed by atoms with Crippen molar-refractivity contribution in [1.82, 2.24) is 19.4 Å². The van der Waals surface area contributed by atoms with Gasteiger partial charge in [-0.05, 0) is 49.1 Å². The summed E-state index contributed by atoms with van der Waals surface area (Å²) in [6.07, 6.45) is 8.04. The van der Waals surface area contributed by atoms with Crippen molar-refractivity contribution in [1.29, 1.82) is 0 Å². The van der Waals surface area contributed by atoms with E-state index in [4.69, 9.17) is 9.72 Å². The standard InChI is InChI=1S/C20H22N4O/c1-2-17(10-21-8-1)24-9-7-19-20(24)6-5-16(22-19)4-3-15-11-23(12-15)18-13-25-14-18/h1-2,5-10,15,18H,3-4,11-14H2. The Bertz CT molecular complexity index is 866. The number of ether oxygens (including phenoxy) is 1. The second-order valence-corrected chi connectivity index (χ2v) is 7.15. The molecule has 0 aromatic carbocycles. The highest BCUT2D eigenvalue weighted by atomic mass is 16.5. The molecule has 0 N–H and O–H groups in total. The predicted molar refractivity (Wildman–Crippen MR) is 96.9 cm³/mol. The molecule has 2 fully saturated rings. The number of hydrogen-bond acceptors (Lipinski definition) is 4. The second-order valence-electron chi connectivity index (χ2n) is 7.15. The number of hydrogen-bond donors (Lipinski definition) is 0. The van der Waals surface area contributed by atoms with Gasteiger partial charge in [-0.1, -0.05) is 0 Å². The lowest BCUT2D eigenvalue weighted by molar-refractivity contribution is -0.102. The number of likely N-dealkylation sites (tertiary alicyclic amines) is 1. The van der Waals surface area contributed by atoms with Gasteiger partial charge in [-0.25, -0.2) is 0 Å². The Balaban J connectivity index is 1.25. The molecule has 0 spiro atoms. The van der Waals surface area contributed by atoms with Crippen LogP contribution >= 0.6 is 0 Å². The molecule has 0 aliphatic carbocycles. The van der Waals surface area contributed by atoms with Gasteiger partial charge in [0.15, 0.2) is 0 Å². The average Bonchev–Trinajstić information content (AvgIpc) is 2.99. The number of rotatable bonds is 5. The Morgan fingerprint density at radius 2 is 2.04 bits per heavy atom. The van der Waals surface area contributed by atoms with E-state index < -0.39 is 0 Å². The van der Waals surface area contributed by atoms with Crippen LogP contribution in [0.1, 0.15) is 12.1 Å². The molecule has 5 heteroatoms. The quantitative estimate of drug-likeness (QED) is 0.719. The maximum absolute atomic E-state index is 5.27. The van der Waals surface area contributed by atoms with Gasteiger partial charge in [-0.3, -0.25) is 14.9 Å². The fourth-order valence-corrected chi connectivity index (χ4v) is 3.80. The van der Waals surface area contributed by atoms with Gasteiger partial charge >= 0.3 is 0 Å². The maximum Gasteiger partial charge on any atom is 0.0887 e. The van der Waals surface area contributed by atoms with Crippen molar-refractivity contribution in [3.8, 4) is 5.69 Å². The Kier molecular flexibility index (Phi) is 3.76. The fourth-order valence-electron chi connectivity index (χ4n) is 3.80. The van der Waals surface area contributed by atoms with Crippen LogP contribution in [0.25, 0.3) is 16.7 Å². The van der Waals surface area contributed by atoms with Crippen molar-refractivity contribution in [2.24, 2.45) is 5.92 Å². The molecule has 2 aliphatic heterocycles. The number of fused-ring (bicyclic) bond motifs is 1. The third-order valence-corrected chi connectivity index (χ3v) is 5.46. The summed E-state index contributed by atoms with van der Waals surface area (Å²) in [5.41, 5.74) is 4.46. The predicted octanol–water partition coefficient (Wildman–Crippen LogP) is 2.68. The molecular weight excluding hydrogens is 312 g/mol. The molecule has 0 unspecified atom stereocenters. The molecule has 0 saturated carbocycles. The Morgan fingerprint density at radius 3 is 2.80 bits per heavy atom. The normalized spacial score (nSPS) is 19.0. The van der Waals surface area contributed by atoms with Crippen molar-refractivity contribution in [2.45, 2.75) is 18.9 Å². The van der Waals surface area contributed by atoms with E-state index in [1.807, 2.05) is 12.3 Å². The van der Waals surface area contributed by atoms with Gasteiger partial charge in [0.2, 0.25) is 0 Å². The Morgan fingerprint density at radius 1 is 1.12 bits per heavy atom. The van der Waals surface area contributed by atoms with Crippen molar-refractivity contribution < 1.29 is 4.74 Å². The molecule has 25 heavy (non-hydrogen) atoms. The summed E-state index contributed by atoms with van der Waals surface area (Å²) in [7, 11) is 0. The zero-order valence-corrected chi connectivity index (χ0v) is 14.2. The van der Waals surface area contributed by atoms with E-state index in [1.165, 1.54) is 25.2 Å². The largest absolute Gasteiger partial charge is 0.378 e. The van der Waals surface area contributed by atoms with Crippen LogP contribution < -0.4 is 0 Å². The first-order valence-corrected chi connectivity index (χ1v) is 9.06. The minimum Gasteiger partial charge on any atom is -0.378 e. The minimum absolute atomic E-state index is 0.693. The van der Waals surface area contributed by atoms with Crippen LogP contribution in [0.2, 0.25) is 0 Å². The monoisotopic (exact) mass is 334 g/mol. The van der Waals surface area contributed by atoms with Gasteiger partial charge < -0.3 is 9.30 Å². The van der Waals surface area contributed by atoms with Crippen molar-refractivity contribution in [3.05, 3.63) is 54.6 Å². The summed E-state index contributed by atoms with van der Waals surface area (Å²) in [4.78, 5) is 11.6. The van der Waals surface area contributed by atoms with Gasteiger partial charge in [0, 0.05) is 31.2 Å². The minimum atomic E-state index is 0.693. The van der Waals surface area contributed by atoms with E-state index in [1.54, 1.807) is 6.20 Å². The number of nitrogens with zero attached hydrogens (tertiary/aromatic N) is 4. The lowest BCUT2D eigenvalue weighted by Gasteiger charge is -2.47. The highest BCUT2D eigenvalue weighted by molar-refractivity contribution is 5.78. The van der Waals surface area contributed by atoms with Crippen LogP contribution in [0.15, 0.2) is 48.9 Å². The highest BCUT2D eigenvalue weighted by Gasteiger charge is 2.35. The molecule has 3 aromatic heterocycles. The zero-order valence-electron chi connectivity index (χ0n) is 14.2. The first kappa shape index (κ1) is 15.0. The lowest BCUT2D eigenvalue weighted by atomic mass is 9.91. The van der Waals surface area contributed by atoms with Crippen LogP contribution in [-0.4, -0.2) is 51.8 Å². The number of aryl methyl sites for hydroxylation is 1. The van der Waals surface area contributed by atoms with Crippen LogP contribution in [0.3, 0.4) is 0 Å². The first-order chi connectivity index (χ1) is 12.4. The summed E-state index contributed by atoms with van der Waals surface area (Å²) in [6, 6.07) is 11.2. The summed E-state index contributed by atoms with van der Waals surface area (Å²) < 4.78 is 7.42. The average molecular weight is 334 g/mol. The van der Waals surface area contributed by atoms with Gasteiger partial charge in [0.1, 0.15) is 0 Å². The zero-order chi connectivity index (χ0) is 16.6. The third-order valence-electron chi connectivity index (χ3n) is 5.46. The third kappa shape index (κ3) is 2.83. The van der Waals surface area contributed by atoms with Gasteiger partial charge in [0.25, 0.3) is 0 Å². The number of pyridine rings is 2. The molecule has 2 aliphatic rings. The van der Waals surface area contributed by atoms with Gasteiger partial charge in [0.05, 0.1) is 42.2 Å². The van der Waals surface area contributed by atoms with Crippen molar-refractivity contribution in [3.63, 3.8) is 0 Å². The molecule has 2 saturated heterocycles. The topological polar surface area (TPSA) is 43.2 Å². The van der Waals surface area contributed by atoms with Gasteiger partial charge in [-0.15, -0.1) is 0 Å². The van der Waals surface area contributed by atoms with E-state index in [2.05, 4.69) is 44.9 Å². The second kappa shape index (κ2) is 6.24. The molecule has 0 radical (unpaired) electrons. The molecule has 0 atom stereocenters. The van der Waals surface area contributed by atoms with E-state index in [9.17, 15) is 0 Å². The Hall–Kier alpha value is -2.24. The highest BCUT2D eigenvalue weighted by Crippen LogP contribution is 2.26. The van der Waals surface area contributed by atoms with Crippen LogP contribution in [0.5, 0.6) is 0 Å². The smallest absolute Gasteiger partial charge is 0.0887 e. The van der Waals surface area contributed by atoms with E-state index in [0.29, 0.717) is 6.04 Å². The molecule has 128 valence electrons. The van der Waals surface area contributed by atoms with Crippen molar-refractivity contribution >= 4 is 11.0 Å². The fraction of sp³-hybridized carbons (Fsp3) is 0.400. The number of aromatic nitrogens is 3. The summed E-state index contributed by atoms with van der Waals surface area (Å²) in [6.45, 7) is 4.32. The van der Waals surface area contributed by atoms with Crippen LogP contribution in [0.4, 0.5) is 0 Å². The molecule has 0 amide bonds. The van der Waals surface area contributed by atoms with E-state index in [0.717, 1.165) is 42.3 Å².